The van der Waals surface area contributed by atoms with Crippen molar-refractivity contribution in [2.75, 3.05) is 53.4 Å². The number of carbonyl (C=O) groups excluding carboxylic acids is 2. The maximum Gasteiger partial charge on any atom is 0.222 e. The summed E-state index contributed by atoms with van der Waals surface area (Å²) in [5.41, 5.74) is 0. The molecule has 0 radical (unpaired) electrons. The van der Waals surface area contributed by atoms with Gasteiger partial charge >= 0.3 is 0 Å². The van der Waals surface area contributed by atoms with Crippen LogP contribution >= 0.6 is 24.0 Å². The summed E-state index contributed by atoms with van der Waals surface area (Å²) in [5, 5.41) is 3.43. The van der Waals surface area contributed by atoms with Crippen LogP contribution in [0, 0.1) is 5.92 Å². The maximum atomic E-state index is 12.5. The number of amides is 2. The summed E-state index contributed by atoms with van der Waals surface area (Å²) >= 11 is 0. The van der Waals surface area contributed by atoms with Crippen LogP contribution in [0.4, 0.5) is 0 Å². The van der Waals surface area contributed by atoms with Gasteiger partial charge in [0, 0.05) is 66.2 Å². The number of rotatable bonds is 14. The summed E-state index contributed by atoms with van der Waals surface area (Å²) in [6, 6.07) is 0. The number of hydrogen-bond donors (Lipinski definition) is 1. The molecule has 1 N–H and O–H groups in total. The lowest BCUT2D eigenvalue weighted by Crippen LogP contribution is -2.50. The van der Waals surface area contributed by atoms with E-state index in [1.165, 1.54) is 12.8 Å². The number of carbonyl (C=O) groups is 2. The van der Waals surface area contributed by atoms with E-state index < -0.39 is 0 Å². The number of piperazine rings is 1. The number of nitrogens with zero attached hydrogens (tertiary/aromatic N) is 4. The van der Waals surface area contributed by atoms with Crippen LogP contribution in [-0.2, 0) is 9.59 Å². The Bertz CT molecular complexity index is 589. The lowest BCUT2D eigenvalue weighted by Gasteiger charge is -2.35. The minimum Gasteiger partial charge on any atom is -0.356 e. The largest absolute Gasteiger partial charge is 0.356 e. The number of hydrogen-bond acceptors (Lipinski definition) is 3. The average molecular weight is 578 g/mol. The number of halogens is 1. The molecule has 0 aromatic carbocycles. The number of allylic oxidation sites excluding steroid dienone is 1. The Balaban J connectivity index is 0.0000102. The Morgan fingerprint density at radius 2 is 1.61 bits per heavy atom. The van der Waals surface area contributed by atoms with Crippen LogP contribution in [0.15, 0.2) is 17.6 Å². The Kier molecular flexibility index (Phi) is 18.3. The van der Waals surface area contributed by atoms with Crippen LogP contribution in [0.25, 0.3) is 0 Å². The third-order valence-electron chi connectivity index (χ3n) is 5.89. The van der Waals surface area contributed by atoms with Crippen LogP contribution in [0.3, 0.4) is 0 Å². The molecule has 1 heterocycles. The first-order valence-electron chi connectivity index (χ1n) is 12.5. The van der Waals surface area contributed by atoms with Gasteiger partial charge in [0.1, 0.15) is 0 Å². The average Bonchev–Trinajstić information content (AvgIpc) is 2.77. The van der Waals surface area contributed by atoms with Crippen LogP contribution in [0.5, 0.6) is 0 Å². The molecule has 1 fully saturated rings. The van der Waals surface area contributed by atoms with Gasteiger partial charge in [-0.15, -0.1) is 30.6 Å². The molecule has 0 atom stereocenters. The van der Waals surface area contributed by atoms with Crippen LogP contribution in [0.2, 0.25) is 0 Å². The lowest BCUT2D eigenvalue weighted by molar-refractivity contribution is -0.140. The summed E-state index contributed by atoms with van der Waals surface area (Å²) in [5.74, 6) is 1.76. The third kappa shape index (κ3) is 13.9. The lowest BCUT2D eigenvalue weighted by atomic mass is 10.1. The Hall–Kier alpha value is -1.32. The second kappa shape index (κ2) is 19.0. The predicted octanol–water partition coefficient (Wildman–Crippen LogP) is 4.14. The highest BCUT2D eigenvalue weighted by molar-refractivity contribution is 14.0. The van der Waals surface area contributed by atoms with Gasteiger partial charge in [-0.1, -0.05) is 32.8 Å². The summed E-state index contributed by atoms with van der Waals surface area (Å²) in [7, 11) is 3.91. The topological polar surface area (TPSA) is 68.2 Å². The molecule has 192 valence electrons. The van der Waals surface area contributed by atoms with Crippen molar-refractivity contribution in [2.45, 2.75) is 71.6 Å². The van der Waals surface area contributed by atoms with E-state index in [1.807, 2.05) is 22.9 Å². The highest BCUT2D eigenvalue weighted by Crippen LogP contribution is 2.10. The van der Waals surface area contributed by atoms with Crippen molar-refractivity contribution in [2.24, 2.45) is 10.9 Å². The molecular weight excluding hydrogens is 529 g/mol. The molecule has 0 saturated carbocycles. The molecule has 1 aliphatic heterocycles. The van der Waals surface area contributed by atoms with Crippen molar-refractivity contribution in [3.05, 3.63) is 12.7 Å². The second-order valence-corrected chi connectivity index (χ2v) is 9.20. The minimum absolute atomic E-state index is 0. The molecular formula is C25H48IN5O2. The van der Waals surface area contributed by atoms with Crippen molar-refractivity contribution in [1.82, 2.24) is 20.0 Å². The van der Waals surface area contributed by atoms with Gasteiger partial charge in [0.15, 0.2) is 5.96 Å². The molecule has 8 heteroatoms. The monoisotopic (exact) mass is 577 g/mol. The van der Waals surface area contributed by atoms with Gasteiger partial charge in [0.05, 0.1) is 0 Å². The third-order valence-corrected chi connectivity index (χ3v) is 5.89. The Morgan fingerprint density at radius 3 is 2.18 bits per heavy atom. The van der Waals surface area contributed by atoms with Crippen molar-refractivity contribution in [1.29, 1.82) is 0 Å². The minimum atomic E-state index is 0. The van der Waals surface area contributed by atoms with Crippen LogP contribution in [0.1, 0.15) is 71.6 Å². The number of aliphatic imine (C=N–C) groups is 1. The van der Waals surface area contributed by atoms with E-state index in [1.54, 1.807) is 0 Å². The first kappa shape index (κ1) is 31.7. The molecule has 7 nitrogen and oxygen atoms in total. The maximum absolute atomic E-state index is 12.5. The van der Waals surface area contributed by atoms with Gasteiger partial charge in [-0.05, 0) is 38.0 Å². The van der Waals surface area contributed by atoms with Gasteiger partial charge in [0.2, 0.25) is 11.8 Å². The zero-order valence-corrected chi connectivity index (χ0v) is 23.8. The smallest absolute Gasteiger partial charge is 0.222 e. The quantitative estimate of drug-likeness (QED) is 0.111. The highest BCUT2D eigenvalue weighted by atomic mass is 127. The Labute approximate surface area is 219 Å². The number of nitrogens with one attached hydrogen (secondary N) is 1. The van der Waals surface area contributed by atoms with Crippen molar-refractivity contribution in [3.63, 3.8) is 0 Å². The number of guanidine groups is 1. The molecule has 1 aliphatic rings. The molecule has 1 rings (SSSR count). The summed E-state index contributed by atoms with van der Waals surface area (Å²) < 4.78 is 0. The van der Waals surface area contributed by atoms with Crippen LogP contribution < -0.4 is 5.32 Å². The molecule has 2 amide bonds. The fourth-order valence-electron chi connectivity index (χ4n) is 3.92. The second-order valence-electron chi connectivity index (χ2n) is 9.20. The standard InChI is InChI=1S/C25H47N5O2.HI/c1-6-7-8-9-13-16-28(5)25(26-4)27-15-12-10-11-14-23(31)29-17-19-30(20-18-29)24(32)21-22(2)3;/h6,22H,1,7-21H2,2-5H3,(H,26,27);1H. The van der Waals surface area contributed by atoms with E-state index in [-0.39, 0.29) is 35.8 Å². The van der Waals surface area contributed by atoms with Gasteiger partial charge < -0.3 is 20.0 Å². The van der Waals surface area contributed by atoms with Gasteiger partial charge in [-0.2, -0.15) is 0 Å². The van der Waals surface area contributed by atoms with E-state index in [2.05, 4.69) is 42.7 Å². The summed E-state index contributed by atoms with van der Waals surface area (Å²) in [6.07, 6.45) is 10.8. The predicted molar refractivity (Wildman–Crippen MR) is 149 cm³/mol. The van der Waals surface area contributed by atoms with Crippen molar-refractivity contribution < 1.29 is 9.59 Å². The fraction of sp³-hybridized carbons (Fsp3) is 0.800. The molecule has 0 spiro atoms. The first-order chi connectivity index (χ1) is 15.4. The zero-order valence-electron chi connectivity index (χ0n) is 21.5. The first-order valence-corrected chi connectivity index (χ1v) is 12.5. The molecule has 33 heavy (non-hydrogen) atoms. The summed E-state index contributed by atoms with van der Waals surface area (Å²) in [4.78, 5) is 35.0. The van der Waals surface area contributed by atoms with Gasteiger partial charge in [0.25, 0.3) is 0 Å². The Morgan fingerprint density at radius 1 is 1.00 bits per heavy atom. The van der Waals surface area contributed by atoms with Gasteiger partial charge in [-0.25, -0.2) is 0 Å². The van der Waals surface area contributed by atoms with E-state index in [0.717, 1.165) is 51.2 Å². The van der Waals surface area contributed by atoms with Crippen LogP contribution in [-0.4, -0.2) is 85.8 Å². The van der Waals surface area contributed by atoms with E-state index in [4.69, 9.17) is 0 Å². The van der Waals surface area contributed by atoms with Crippen molar-refractivity contribution >= 4 is 41.8 Å². The SMILES string of the molecule is C=CCCCCCN(C)C(=NC)NCCCCCC(=O)N1CCN(C(=O)CC(C)C)CC1.I. The molecule has 0 aliphatic carbocycles. The van der Waals surface area contributed by atoms with Gasteiger partial charge in [-0.3, -0.25) is 14.6 Å². The van der Waals surface area contributed by atoms with E-state index in [9.17, 15) is 9.59 Å². The van der Waals surface area contributed by atoms with Crippen molar-refractivity contribution in [3.8, 4) is 0 Å². The molecule has 0 unspecified atom stereocenters. The zero-order chi connectivity index (χ0) is 23.8. The molecule has 0 aromatic rings. The molecule has 0 bridgehead atoms. The summed E-state index contributed by atoms with van der Waals surface area (Å²) in [6.45, 7) is 12.4. The fourth-order valence-corrected chi connectivity index (χ4v) is 3.92. The molecule has 1 saturated heterocycles. The molecule has 0 aromatic heterocycles. The van der Waals surface area contributed by atoms with E-state index in [0.29, 0.717) is 44.9 Å². The van der Waals surface area contributed by atoms with E-state index >= 15 is 0 Å². The number of unbranched alkanes of at least 4 members (excludes halogenated alkanes) is 5. The normalized spacial score (nSPS) is 14.2. The highest BCUT2D eigenvalue weighted by Gasteiger charge is 2.23.